The molecule has 0 spiro atoms. The molecule has 4 rings (SSSR count). The van der Waals surface area contributed by atoms with Crippen LogP contribution in [0.25, 0.3) is 0 Å². The van der Waals surface area contributed by atoms with E-state index in [0.717, 1.165) is 55.9 Å². The van der Waals surface area contributed by atoms with E-state index in [9.17, 15) is 13.6 Å². The molecule has 0 aromatic heterocycles. The first-order valence-corrected chi connectivity index (χ1v) is 12.2. The van der Waals surface area contributed by atoms with Crippen molar-refractivity contribution in [2.75, 3.05) is 0 Å². The summed E-state index contributed by atoms with van der Waals surface area (Å²) < 4.78 is 33.5. The van der Waals surface area contributed by atoms with Crippen LogP contribution in [0.4, 0.5) is 8.78 Å². The number of nitrogens with zero attached hydrogens (tertiary/aromatic N) is 1. The first-order valence-electron chi connectivity index (χ1n) is 12.2. The Balaban J connectivity index is 1.37. The standard InChI is InChI=1S/C27H33F2NO2/c1-2-4-17-7-9-18(10-8-17)19-11-13-22-20(15-19)5-3-6-23(22)27(31)32-24-14-12-21(16-30)25(28)26(24)29/h2,4,12,14,17-20,22-23H,3,5-11,13,15H2,1H3/b4-2+. The molecule has 3 aliphatic carbocycles. The van der Waals surface area contributed by atoms with Gasteiger partial charge in [-0.3, -0.25) is 4.79 Å². The SMILES string of the molecule is C/C=C/C1CCC(C2CCC3C(CCCC3C(=O)Oc3ccc(C#N)c(F)c3F)C2)CC1. The molecule has 1 aromatic rings. The Hall–Kier alpha value is -2.22. The van der Waals surface area contributed by atoms with Crippen LogP contribution in [0.2, 0.25) is 0 Å². The molecule has 0 N–H and O–H groups in total. The van der Waals surface area contributed by atoms with E-state index in [4.69, 9.17) is 10.00 Å². The van der Waals surface area contributed by atoms with Gasteiger partial charge in [-0.1, -0.05) is 25.0 Å². The van der Waals surface area contributed by atoms with E-state index in [1.807, 2.05) is 0 Å². The monoisotopic (exact) mass is 441 g/mol. The number of fused-ring (bicyclic) bond motifs is 1. The first kappa shape index (κ1) is 23.0. The maximum Gasteiger partial charge on any atom is 0.314 e. The van der Waals surface area contributed by atoms with Gasteiger partial charge in [0, 0.05) is 0 Å². The number of benzene rings is 1. The van der Waals surface area contributed by atoms with Crippen molar-refractivity contribution >= 4 is 5.97 Å². The van der Waals surface area contributed by atoms with Gasteiger partial charge < -0.3 is 4.74 Å². The van der Waals surface area contributed by atoms with Gasteiger partial charge in [0.15, 0.2) is 11.6 Å². The van der Waals surface area contributed by atoms with Crippen LogP contribution in [0.5, 0.6) is 5.75 Å². The summed E-state index contributed by atoms with van der Waals surface area (Å²) in [6.45, 7) is 2.10. The molecule has 0 aliphatic heterocycles. The van der Waals surface area contributed by atoms with E-state index in [2.05, 4.69) is 19.1 Å². The summed E-state index contributed by atoms with van der Waals surface area (Å²) in [7, 11) is 0. The molecule has 0 amide bonds. The summed E-state index contributed by atoms with van der Waals surface area (Å²) in [5, 5.41) is 8.83. The van der Waals surface area contributed by atoms with Gasteiger partial charge in [-0.2, -0.15) is 9.65 Å². The summed E-state index contributed by atoms with van der Waals surface area (Å²) in [6, 6.07) is 3.93. The second kappa shape index (κ2) is 10.1. The van der Waals surface area contributed by atoms with Crippen molar-refractivity contribution in [2.45, 2.75) is 71.1 Å². The summed E-state index contributed by atoms with van der Waals surface area (Å²) >= 11 is 0. The van der Waals surface area contributed by atoms with E-state index in [0.29, 0.717) is 5.92 Å². The van der Waals surface area contributed by atoms with Crippen LogP contribution in [-0.4, -0.2) is 5.97 Å². The molecule has 3 nitrogen and oxygen atoms in total. The maximum atomic E-state index is 14.2. The molecule has 3 aliphatic rings. The number of ether oxygens (including phenoxy) is 1. The highest BCUT2D eigenvalue weighted by atomic mass is 19.2. The molecule has 32 heavy (non-hydrogen) atoms. The number of allylic oxidation sites excluding steroid dienone is 2. The Morgan fingerprint density at radius 1 is 1.00 bits per heavy atom. The maximum absolute atomic E-state index is 14.2. The quantitative estimate of drug-likeness (QED) is 0.288. The van der Waals surface area contributed by atoms with Crippen LogP contribution in [0, 0.1) is 58.5 Å². The van der Waals surface area contributed by atoms with Gasteiger partial charge in [-0.25, -0.2) is 4.39 Å². The van der Waals surface area contributed by atoms with Crippen LogP contribution in [0.15, 0.2) is 24.3 Å². The second-order valence-corrected chi connectivity index (χ2v) is 10.0. The Kier molecular flexibility index (Phi) is 7.28. The van der Waals surface area contributed by atoms with E-state index < -0.39 is 28.9 Å². The molecule has 0 saturated heterocycles. The largest absolute Gasteiger partial charge is 0.423 e. The third kappa shape index (κ3) is 4.75. The summed E-state index contributed by atoms with van der Waals surface area (Å²) in [5.41, 5.74) is -0.391. The van der Waals surface area contributed by atoms with Crippen molar-refractivity contribution in [3.05, 3.63) is 41.5 Å². The van der Waals surface area contributed by atoms with Crippen molar-refractivity contribution < 1.29 is 18.3 Å². The molecule has 3 saturated carbocycles. The number of nitriles is 1. The second-order valence-electron chi connectivity index (χ2n) is 10.0. The molecule has 3 fully saturated rings. The molecule has 5 heteroatoms. The molecule has 172 valence electrons. The lowest BCUT2D eigenvalue weighted by molar-refractivity contribution is -0.144. The summed E-state index contributed by atoms with van der Waals surface area (Å²) in [6.07, 6.45) is 16.0. The summed E-state index contributed by atoms with van der Waals surface area (Å²) in [5.74, 6) is -0.538. The van der Waals surface area contributed by atoms with Gasteiger partial charge in [0.2, 0.25) is 5.82 Å². The number of carbonyl (C=O) groups excluding carboxylic acids is 1. The molecule has 0 radical (unpaired) electrons. The van der Waals surface area contributed by atoms with E-state index in [1.54, 1.807) is 6.07 Å². The Labute approximate surface area is 189 Å². The topological polar surface area (TPSA) is 50.1 Å². The van der Waals surface area contributed by atoms with Gasteiger partial charge >= 0.3 is 5.97 Å². The van der Waals surface area contributed by atoms with Crippen LogP contribution < -0.4 is 4.74 Å². The highest BCUT2D eigenvalue weighted by Gasteiger charge is 2.43. The van der Waals surface area contributed by atoms with Gasteiger partial charge in [-0.15, -0.1) is 0 Å². The molecule has 0 heterocycles. The van der Waals surface area contributed by atoms with E-state index in [1.165, 1.54) is 38.2 Å². The molecule has 4 unspecified atom stereocenters. The van der Waals surface area contributed by atoms with E-state index >= 15 is 0 Å². The minimum atomic E-state index is -1.26. The normalized spacial score (nSPS) is 32.8. The van der Waals surface area contributed by atoms with Gasteiger partial charge in [-0.05, 0) is 100 Å². The average molecular weight is 442 g/mol. The lowest BCUT2D eigenvalue weighted by atomic mass is 9.59. The minimum absolute atomic E-state index is 0.252. The smallest absolute Gasteiger partial charge is 0.314 e. The molecular weight excluding hydrogens is 408 g/mol. The lowest BCUT2D eigenvalue weighted by Gasteiger charge is -2.45. The zero-order chi connectivity index (χ0) is 22.7. The Morgan fingerprint density at radius 2 is 1.75 bits per heavy atom. The lowest BCUT2D eigenvalue weighted by Crippen LogP contribution is -2.40. The van der Waals surface area contributed by atoms with Crippen molar-refractivity contribution in [2.24, 2.45) is 35.5 Å². The number of hydrogen-bond acceptors (Lipinski definition) is 3. The van der Waals surface area contributed by atoms with Crippen LogP contribution in [0.1, 0.15) is 76.7 Å². The van der Waals surface area contributed by atoms with Crippen LogP contribution >= 0.6 is 0 Å². The summed E-state index contributed by atoms with van der Waals surface area (Å²) in [4.78, 5) is 12.9. The molecule has 0 bridgehead atoms. The van der Waals surface area contributed by atoms with Crippen molar-refractivity contribution in [1.29, 1.82) is 5.26 Å². The number of esters is 1. The van der Waals surface area contributed by atoms with Gasteiger partial charge in [0.25, 0.3) is 0 Å². The predicted molar refractivity (Wildman–Crippen MR) is 119 cm³/mol. The van der Waals surface area contributed by atoms with Crippen molar-refractivity contribution in [3.63, 3.8) is 0 Å². The van der Waals surface area contributed by atoms with Gasteiger partial charge in [0.05, 0.1) is 11.5 Å². The fraction of sp³-hybridized carbons (Fsp3) is 0.630. The average Bonchev–Trinajstić information content (AvgIpc) is 2.82. The number of hydrogen-bond donors (Lipinski definition) is 0. The fourth-order valence-electron chi connectivity index (χ4n) is 6.68. The van der Waals surface area contributed by atoms with Gasteiger partial charge in [0.1, 0.15) is 6.07 Å². The molecule has 1 aromatic carbocycles. The number of halogens is 2. The Morgan fingerprint density at radius 3 is 2.47 bits per heavy atom. The zero-order valence-corrected chi connectivity index (χ0v) is 18.9. The number of rotatable bonds is 4. The molecule has 4 atom stereocenters. The first-order chi connectivity index (χ1) is 15.5. The Bertz CT molecular complexity index is 898. The minimum Gasteiger partial charge on any atom is -0.423 e. The highest BCUT2D eigenvalue weighted by molar-refractivity contribution is 5.75. The zero-order valence-electron chi connectivity index (χ0n) is 18.9. The fourth-order valence-corrected chi connectivity index (χ4v) is 6.68. The predicted octanol–water partition coefficient (Wildman–Crippen LogP) is 6.96. The van der Waals surface area contributed by atoms with E-state index in [-0.39, 0.29) is 11.8 Å². The highest BCUT2D eigenvalue weighted by Crippen LogP contribution is 2.50. The van der Waals surface area contributed by atoms with Crippen molar-refractivity contribution in [1.82, 2.24) is 0 Å². The third-order valence-electron chi connectivity index (χ3n) is 8.32. The van der Waals surface area contributed by atoms with Crippen LogP contribution in [-0.2, 0) is 4.79 Å². The van der Waals surface area contributed by atoms with Crippen molar-refractivity contribution in [3.8, 4) is 11.8 Å². The van der Waals surface area contributed by atoms with Crippen LogP contribution in [0.3, 0.4) is 0 Å². The number of carbonyl (C=O) groups is 1. The molecular formula is C27H33F2NO2. The third-order valence-corrected chi connectivity index (χ3v) is 8.32.